The van der Waals surface area contributed by atoms with E-state index in [1.165, 1.54) is 21.8 Å². The fraction of sp³-hybridized carbons (Fsp3) is 0.182. The van der Waals surface area contributed by atoms with Crippen LogP contribution in [0.3, 0.4) is 0 Å². The summed E-state index contributed by atoms with van der Waals surface area (Å²) in [7, 11) is 0. The highest BCUT2D eigenvalue weighted by atomic mass is 19.1. The van der Waals surface area contributed by atoms with Gasteiger partial charge >= 0.3 is 0 Å². The number of aryl methyl sites for hydroxylation is 1. The van der Waals surface area contributed by atoms with Crippen molar-refractivity contribution < 1.29 is 13.6 Å². The van der Waals surface area contributed by atoms with Gasteiger partial charge in [-0.15, -0.1) is 0 Å². The predicted octanol–water partition coefficient (Wildman–Crippen LogP) is 2.66. The van der Waals surface area contributed by atoms with Crippen molar-refractivity contribution in [3.63, 3.8) is 0 Å². The van der Waals surface area contributed by atoms with Crippen LogP contribution < -0.4 is 10.9 Å². The molecule has 0 aliphatic heterocycles. The Morgan fingerprint density at radius 2 is 1.97 bits per heavy atom. The fourth-order valence-electron chi connectivity index (χ4n) is 3.29. The van der Waals surface area contributed by atoms with Gasteiger partial charge < -0.3 is 5.32 Å². The van der Waals surface area contributed by atoms with E-state index < -0.39 is 17.5 Å². The molecular weight excluding hydrogens is 404 g/mol. The molecule has 158 valence electrons. The van der Waals surface area contributed by atoms with Crippen LogP contribution in [0.2, 0.25) is 0 Å². The molecule has 0 radical (unpaired) electrons. The second kappa shape index (κ2) is 8.47. The van der Waals surface area contributed by atoms with Crippen LogP contribution in [0.4, 0.5) is 8.78 Å². The highest BCUT2D eigenvalue weighted by Crippen LogP contribution is 2.11. The Morgan fingerprint density at radius 1 is 1.16 bits per heavy atom. The topological polar surface area (TPSA) is 81.8 Å². The summed E-state index contributed by atoms with van der Waals surface area (Å²) < 4.78 is 29.7. The Balaban J connectivity index is 1.47. The number of nitrogens with zero attached hydrogens (tertiary/aromatic N) is 4. The van der Waals surface area contributed by atoms with Crippen molar-refractivity contribution in [3.8, 4) is 0 Å². The first-order chi connectivity index (χ1) is 14.9. The predicted molar refractivity (Wildman–Crippen MR) is 111 cm³/mol. The highest BCUT2D eigenvalue weighted by molar-refractivity contribution is 5.94. The van der Waals surface area contributed by atoms with E-state index in [4.69, 9.17) is 0 Å². The summed E-state index contributed by atoms with van der Waals surface area (Å²) in [4.78, 5) is 29.3. The molecule has 2 heterocycles. The summed E-state index contributed by atoms with van der Waals surface area (Å²) >= 11 is 0. The largest absolute Gasteiger partial charge is 0.350 e. The Morgan fingerprint density at radius 3 is 2.74 bits per heavy atom. The highest BCUT2D eigenvalue weighted by Gasteiger charge is 2.14. The van der Waals surface area contributed by atoms with Gasteiger partial charge in [0.25, 0.3) is 11.5 Å². The number of aromatic nitrogens is 4. The van der Waals surface area contributed by atoms with Crippen LogP contribution in [0.1, 0.15) is 21.5 Å². The van der Waals surface area contributed by atoms with Crippen molar-refractivity contribution in [1.29, 1.82) is 0 Å². The van der Waals surface area contributed by atoms with E-state index in [9.17, 15) is 18.4 Å². The zero-order valence-corrected chi connectivity index (χ0v) is 16.7. The Kier molecular flexibility index (Phi) is 5.57. The molecule has 0 saturated heterocycles. The summed E-state index contributed by atoms with van der Waals surface area (Å²) in [5.74, 6) is -2.35. The number of amides is 1. The van der Waals surface area contributed by atoms with E-state index >= 15 is 0 Å². The molecule has 0 saturated carbocycles. The molecule has 4 aromatic rings. The van der Waals surface area contributed by atoms with Crippen molar-refractivity contribution in [2.24, 2.45) is 0 Å². The van der Waals surface area contributed by atoms with Gasteiger partial charge in [0.2, 0.25) is 0 Å². The lowest BCUT2D eigenvalue weighted by atomic mass is 10.1. The van der Waals surface area contributed by atoms with Gasteiger partial charge in [-0.1, -0.05) is 24.3 Å². The average molecular weight is 423 g/mol. The minimum Gasteiger partial charge on any atom is -0.350 e. The molecule has 0 fully saturated rings. The third-order valence-electron chi connectivity index (χ3n) is 5.01. The number of carbonyl (C=O) groups is 1. The van der Waals surface area contributed by atoms with Crippen LogP contribution in [-0.2, 0) is 13.1 Å². The van der Waals surface area contributed by atoms with Crippen LogP contribution >= 0.6 is 0 Å². The van der Waals surface area contributed by atoms with Gasteiger partial charge in [0.15, 0.2) is 5.65 Å². The van der Waals surface area contributed by atoms with Crippen LogP contribution in [0.15, 0.2) is 59.8 Å². The smallest absolute Gasteiger partial charge is 0.264 e. The number of hydrogen-bond acceptors (Lipinski definition) is 4. The van der Waals surface area contributed by atoms with Gasteiger partial charge in [0, 0.05) is 12.6 Å². The lowest BCUT2D eigenvalue weighted by molar-refractivity contribution is 0.0948. The molecule has 1 amide bonds. The van der Waals surface area contributed by atoms with E-state index in [-0.39, 0.29) is 24.2 Å². The van der Waals surface area contributed by atoms with Gasteiger partial charge in [-0.2, -0.15) is 5.10 Å². The van der Waals surface area contributed by atoms with Crippen LogP contribution in [-0.4, -0.2) is 31.8 Å². The molecule has 7 nitrogen and oxygen atoms in total. The second-order valence-electron chi connectivity index (χ2n) is 7.09. The zero-order valence-electron chi connectivity index (χ0n) is 16.7. The van der Waals surface area contributed by atoms with Crippen LogP contribution in [0, 0.1) is 18.6 Å². The second-order valence-corrected chi connectivity index (χ2v) is 7.09. The van der Waals surface area contributed by atoms with Gasteiger partial charge in [0.05, 0.1) is 24.8 Å². The summed E-state index contributed by atoms with van der Waals surface area (Å²) in [5, 5.41) is 7.11. The van der Waals surface area contributed by atoms with Crippen molar-refractivity contribution in [1.82, 2.24) is 24.6 Å². The maximum absolute atomic E-state index is 13.7. The van der Waals surface area contributed by atoms with Crippen molar-refractivity contribution in [2.45, 2.75) is 20.0 Å². The molecule has 0 bridgehead atoms. The van der Waals surface area contributed by atoms with Crippen LogP contribution in [0.5, 0.6) is 0 Å². The summed E-state index contributed by atoms with van der Waals surface area (Å²) in [5.41, 5.74) is 2.04. The molecular formula is C22H19F2N5O2. The molecule has 0 aliphatic rings. The quantitative estimate of drug-likeness (QED) is 0.517. The number of rotatable bonds is 6. The Labute approximate surface area is 176 Å². The average Bonchev–Trinajstić information content (AvgIpc) is 3.15. The van der Waals surface area contributed by atoms with Crippen molar-refractivity contribution >= 4 is 16.9 Å². The van der Waals surface area contributed by atoms with Crippen molar-refractivity contribution in [2.75, 3.05) is 6.54 Å². The monoisotopic (exact) mass is 423 g/mol. The summed E-state index contributed by atoms with van der Waals surface area (Å²) in [6.45, 7) is 2.74. The first-order valence-corrected chi connectivity index (χ1v) is 9.63. The molecule has 2 aromatic heterocycles. The number of nitrogens with one attached hydrogen (secondary N) is 1. The maximum Gasteiger partial charge on any atom is 0.264 e. The molecule has 31 heavy (non-hydrogen) atoms. The SMILES string of the molecule is Cc1ccccc1Cn1cnc2c(cnn2CCNC(=O)c2ccc(F)cc2F)c1=O. The molecule has 0 spiro atoms. The molecule has 9 heteroatoms. The number of fused-ring (bicyclic) bond motifs is 1. The van der Waals surface area contributed by atoms with E-state index in [2.05, 4.69) is 15.4 Å². The number of benzene rings is 2. The summed E-state index contributed by atoms with van der Waals surface area (Å²) in [6, 6.07) is 10.6. The van der Waals surface area contributed by atoms with E-state index in [1.54, 1.807) is 0 Å². The molecule has 0 unspecified atom stereocenters. The first kappa shape index (κ1) is 20.4. The lowest BCUT2D eigenvalue weighted by Crippen LogP contribution is -2.28. The van der Waals surface area contributed by atoms with Gasteiger partial charge in [-0.3, -0.25) is 14.2 Å². The first-order valence-electron chi connectivity index (χ1n) is 9.63. The number of hydrogen-bond donors (Lipinski definition) is 1. The van der Waals surface area contributed by atoms with E-state index in [1.807, 2.05) is 31.2 Å². The fourth-order valence-corrected chi connectivity index (χ4v) is 3.29. The van der Waals surface area contributed by atoms with E-state index in [0.717, 1.165) is 23.3 Å². The van der Waals surface area contributed by atoms with Crippen LogP contribution in [0.25, 0.3) is 11.0 Å². The lowest BCUT2D eigenvalue weighted by Gasteiger charge is -2.09. The van der Waals surface area contributed by atoms with E-state index in [0.29, 0.717) is 23.6 Å². The Hall–Kier alpha value is -3.88. The third-order valence-corrected chi connectivity index (χ3v) is 5.01. The minimum atomic E-state index is -0.932. The number of halogens is 2. The molecule has 1 N–H and O–H groups in total. The third kappa shape index (κ3) is 4.20. The normalized spacial score (nSPS) is 11.1. The van der Waals surface area contributed by atoms with Gasteiger partial charge in [0.1, 0.15) is 23.3 Å². The minimum absolute atomic E-state index is 0.125. The van der Waals surface area contributed by atoms with Gasteiger partial charge in [-0.05, 0) is 30.2 Å². The molecule has 2 aromatic carbocycles. The molecule has 4 rings (SSSR count). The summed E-state index contributed by atoms with van der Waals surface area (Å²) in [6.07, 6.45) is 2.92. The number of carbonyl (C=O) groups excluding carboxylic acids is 1. The molecule has 0 atom stereocenters. The zero-order chi connectivity index (χ0) is 22.0. The van der Waals surface area contributed by atoms with Crippen molar-refractivity contribution in [3.05, 3.63) is 93.7 Å². The standard InChI is InChI=1S/C22H19F2N5O2/c1-14-4-2-3-5-15(14)12-28-13-26-20-18(22(28)31)11-27-29(20)9-8-25-21(30)17-7-6-16(23)10-19(17)24/h2-7,10-11,13H,8-9,12H2,1H3,(H,25,30). The maximum atomic E-state index is 13.7. The Bertz CT molecular complexity index is 1330. The van der Waals surface area contributed by atoms with Gasteiger partial charge in [-0.25, -0.2) is 18.4 Å². The molecule has 0 aliphatic carbocycles.